The molecule has 0 atom stereocenters. The smallest absolute Gasteiger partial charge is 0.276 e. The third kappa shape index (κ3) is 6.50. The van der Waals surface area contributed by atoms with Crippen LogP contribution < -0.4 is 15.6 Å². The van der Waals surface area contributed by atoms with Gasteiger partial charge in [0.2, 0.25) is 0 Å². The van der Waals surface area contributed by atoms with Crippen molar-refractivity contribution in [3.05, 3.63) is 65.7 Å². The van der Waals surface area contributed by atoms with E-state index in [0.29, 0.717) is 12.4 Å². The van der Waals surface area contributed by atoms with Crippen molar-refractivity contribution in [2.75, 3.05) is 13.2 Å². The van der Waals surface area contributed by atoms with E-state index < -0.39 is 11.8 Å². The molecule has 126 valence electrons. The third-order valence-corrected chi connectivity index (χ3v) is 3.05. The van der Waals surface area contributed by atoms with Crippen molar-refractivity contribution in [1.82, 2.24) is 10.9 Å². The van der Waals surface area contributed by atoms with Crippen molar-refractivity contribution >= 4 is 11.8 Å². The minimum atomic E-state index is -0.451. The first-order valence-corrected chi connectivity index (χ1v) is 7.52. The van der Waals surface area contributed by atoms with Gasteiger partial charge in [-0.05, 0) is 30.2 Å². The monoisotopic (exact) mass is 328 g/mol. The molecule has 0 fully saturated rings. The molecule has 0 saturated heterocycles. The molecular weight excluding hydrogens is 308 g/mol. The molecule has 2 rings (SSSR count). The first kappa shape index (κ1) is 17.5. The van der Waals surface area contributed by atoms with Gasteiger partial charge in [0.25, 0.3) is 11.8 Å². The number of hydrogen-bond acceptors (Lipinski definition) is 4. The molecule has 0 aliphatic carbocycles. The molecule has 0 unspecified atom stereocenters. The van der Waals surface area contributed by atoms with E-state index in [2.05, 4.69) is 10.9 Å². The molecule has 6 nitrogen and oxygen atoms in total. The van der Waals surface area contributed by atoms with Crippen LogP contribution in [0.1, 0.15) is 11.1 Å². The predicted molar refractivity (Wildman–Crippen MR) is 89.1 cm³/mol. The van der Waals surface area contributed by atoms with E-state index >= 15 is 0 Å². The first-order valence-electron chi connectivity index (χ1n) is 7.52. The highest BCUT2D eigenvalue weighted by Crippen LogP contribution is 2.11. The number of carbonyl (C=O) groups is 2. The van der Waals surface area contributed by atoms with E-state index in [1.165, 1.54) is 0 Å². The van der Waals surface area contributed by atoms with E-state index in [1.807, 2.05) is 55.5 Å². The van der Waals surface area contributed by atoms with E-state index in [0.717, 1.165) is 11.1 Å². The summed E-state index contributed by atoms with van der Waals surface area (Å²) in [4.78, 5) is 23.2. The van der Waals surface area contributed by atoms with E-state index in [1.54, 1.807) is 6.07 Å². The standard InChI is InChI=1S/C18H20N2O4/c1-14-6-5-9-16(10-14)24-13-18(22)20-19-17(21)12-23-11-15-7-3-2-4-8-15/h2-10H,11-13H2,1H3,(H,19,21)(H,20,22). The number of aryl methyl sites for hydroxylation is 1. The summed E-state index contributed by atoms with van der Waals surface area (Å²) >= 11 is 0. The van der Waals surface area contributed by atoms with E-state index in [9.17, 15) is 9.59 Å². The van der Waals surface area contributed by atoms with Gasteiger partial charge in [-0.15, -0.1) is 0 Å². The van der Waals surface area contributed by atoms with Gasteiger partial charge in [0.1, 0.15) is 12.4 Å². The second-order valence-electron chi connectivity index (χ2n) is 5.18. The minimum Gasteiger partial charge on any atom is -0.484 e. The van der Waals surface area contributed by atoms with Crippen LogP contribution in [0.15, 0.2) is 54.6 Å². The Morgan fingerprint density at radius 1 is 0.917 bits per heavy atom. The number of nitrogens with one attached hydrogen (secondary N) is 2. The molecule has 6 heteroatoms. The molecule has 0 radical (unpaired) electrons. The molecule has 2 aromatic carbocycles. The van der Waals surface area contributed by atoms with Gasteiger partial charge in [-0.1, -0.05) is 42.5 Å². The van der Waals surface area contributed by atoms with Crippen molar-refractivity contribution in [3.8, 4) is 5.75 Å². The van der Waals surface area contributed by atoms with Crippen molar-refractivity contribution in [2.24, 2.45) is 0 Å². The topological polar surface area (TPSA) is 76.7 Å². The van der Waals surface area contributed by atoms with Gasteiger partial charge in [-0.25, -0.2) is 0 Å². The fourth-order valence-corrected chi connectivity index (χ4v) is 1.90. The van der Waals surface area contributed by atoms with Crippen LogP contribution in [0.2, 0.25) is 0 Å². The van der Waals surface area contributed by atoms with Crippen molar-refractivity contribution < 1.29 is 19.1 Å². The lowest BCUT2D eigenvalue weighted by Crippen LogP contribution is -2.45. The maximum Gasteiger partial charge on any atom is 0.276 e. The van der Waals surface area contributed by atoms with Gasteiger partial charge in [0.15, 0.2) is 6.61 Å². The summed E-state index contributed by atoms with van der Waals surface area (Å²) in [6.07, 6.45) is 0. The Kier molecular flexibility index (Phi) is 6.79. The lowest BCUT2D eigenvalue weighted by molar-refractivity contribution is -0.132. The number of hydrogen-bond donors (Lipinski definition) is 2. The summed E-state index contributed by atoms with van der Waals surface area (Å²) < 4.78 is 10.6. The van der Waals surface area contributed by atoms with Gasteiger partial charge in [-0.3, -0.25) is 20.4 Å². The molecule has 2 amide bonds. The molecule has 0 aliphatic heterocycles. The summed E-state index contributed by atoms with van der Waals surface area (Å²) in [6, 6.07) is 16.9. The van der Waals surface area contributed by atoms with Crippen LogP contribution in [0, 0.1) is 6.92 Å². The summed E-state index contributed by atoms with van der Waals surface area (Å²) in [7, 11) is 0. The summed E-state index contributed by atoms with van der Waals surface area (Å²) in [6.45, 7) is 1.93. The zero-order valence-corrected chi connectivity index (χ0v) is 13.5. The Balaban J connectivity index is 1.60. The number of amides is 2. The molecule has 2 N–H and O–H groups in total. The van der Waals surface area contributed by atoms with Gasteiger partial charge < -0.3 is 9.47 Å². The maximum atomic E-state index is 11.6. The summed E-state index contributed by atoms with van der Waals surface area (Å²) in [5, 5.41) is 0. The average Bonchev–Trinajstić information content (AvgIpc) is 2.59. The zero-order chi connectivity index (χ0) is 17.2. The van der Waals surface area contributed by atoms with Gasteiger partial charge in [0, 0.05) is 0 Å². The lowest BCUT2D eigenvalue weighted by Gasteiger charge is -2.09. The summed E-state index contributed by atoms with van der Waals surface area (Å²) in [5.74, 6) is -0.287. The highest BCUT2D eigenvalue weighted by molar-refractivity contribution is 5.83. The molecule has 0 saturated carbocycles. The number of hydrazine groups is 1. The number of carbonyl (C=O) groups excluding carboxylic acids is 2. The minimum absolute atomic E-state index is 0.145. The molecule has 0 heterocycles. The van der Waals surface area contributed by atoms with Crippen molar-refractivity contribution in [2.45, 2.75) is 13.5 Å². The molecule has 0 aliphatic rings. The largest absolute Gasteiger partial charge is 0.484 e. The third-order valence-electron chi connectivity index (χ3n) is 3.05. The Morgan fingerprint density at radius 3 is 2.33 bits per heavy atom. The maximum absolute atomic E-state index is 11.6. The summed E-state index contributed by atoms with van der Waals surface area (Å²) in [5.41, 5.74) is 6.56. The fourth-order valence-electron chi connectivity index (χ4n) is 1.90. The highest BCUT2D eigenvalue weighted by Gasteiger charge is 2.06. The van der Waals surface area contributed by atoms with Gasteiger partial charge in [0.05, 0.1) is 6.61 Å². The van der Waals surface area contributed by atoms with Gasteiger partial charge >= 0.3 is 0 Å². The van der Waals surface area contributed by atoms with Crippen molar-refractivity contribution in [1.29, 1.82) is 0 Å². The predicted octanol–water partition coefficient (Wildman–Crippen LogP) is 1.74. The second kappa shape index (κ2) is 9.32. The molecular formula is C18H20N2O4. The van der Waals surface area contributed by atoms with E-state index in [-0.39, 0.29) is 13.2 Å². The van der Waals surface area contributed by atoms with Gasteiger partial charge in [-0.2, -0.15) is 0 Å². The molecule has 0 spiro atoms. The molecule has 2 aromatic rings. The lowest BCUT2D eigenvalue weighted by atomic mass is 10.2. The van der Waals surface area contributed by atoms with Crippen LogP contribution in [0.3, 0.4) is 0 Å². The molecule has 24 heavy (non-hydrogen) atoms. The highest BCUT2D eigenvalue weighted by atomic mass is 16.5. The zero-order valence-electron chi connectivity index (χ0n) is 13.5. The SMILES string of the molecule is Cc1cccc(OCC(=O)NNC(=O)COCc2ccccc2)c1. The van der Waals surface area contributed by atoms with E-state index in [4.69, 9.17) is 9.47 Å². The van der Waals surface area contributed by atoms with Crippen LogP contribution in [0.25, 0.3) is 0 Å². The molecule has 0 aromatic heterocycles. The number of rotatable bonds is 7. The van der Waals surface area contributed by atoms with Crippen LogP contribution in [-0.4, -0.2) is 25.0 Å². The Morgan fingerprint density at radius 2 is 1.62 bits per heavy atom. The number of ether oxygens (including phenoxy) is 2. The Bertz CT molecular complexity index is 674. The van der Waals surface area contributed by atoms with Crippen LogP contribution in [0.5, 0.6) is 5.75 Å². The van der Waals surface area contributed by atoms with Crippen LogP contribution in [0.4, 0.5) is 0 Å². The fraction of sp³-hybridized carbons (Fsp3) is 0.222. The van der Waals surface area contributed by atoms with Crippen molar-refractivity contribution in [3.63, 3.8) is 0 Å². The quantitative estimate of drug-likeness (QED) is 0.759. The van der Waals surface area contributed by atoms with Crippen LogP contribution >= 0.6 is 0 Å². The van der Waals surface area contributed by atoms with Crippen LogP contribution in [-0.2, 0) is 20.9 Å². The average molecular weight is 328 g/mol. The first-order chi connectivity index (χ1) is 11.6. The Labute approximate surface area is 140 Å². The number of benzene rings is 2. The molecule has 0 bridgehead atoms. The normalized spacial score (nSPS) is 10.0. The second-order valence-corrected chi connectivity index (χ2v) is 5.18. The Hall–Kier alpha value is -2.86.